The van der Waals surface area contributed by atoms with E-state index in [0.717, 1.165) is 86.0 Å². The maximum Gasteiger partial charge on any atom is 0.294 e. The van der Waals surface area contributed by atoms with Crippen LogP contribution in [0.3, 0.4) is 0 Å². The van der Waals surface area contributed by atoms with Crippen molar-refractivity contribution >= 4 is 80.7 Å². The summed E-state index contributed by atoms with van der Waals surface area (Å²) in [5.74, 6) is -0.511. The number of anilines is 2. The second kappa shape index (κ2) is 35.5. The van der Waals surface area contributed by atoms with Gasteiger partial charge in [0.15, 0.2) is 0 Å². The number of piperidine rings is 2. The highest BCUT2D eigenvalue weighted by Gasteiger charge is 2.26. The molecule has 4 heterocycles. The molecule has 3 amide bonds. The SMILES string of the molecule is C=CC(=O)Cl.C=CC(=O)Nc1cc(Cc2ncc(Cl)c(Cc3ccccc3C(=O)C(=O)N(C)C)n2)ccc1C1CCN(C)CC1.CCN(CC)CC.CN1CCC(c2ccc(Cc3ncc(Cl)c(Cc4ccccc4C(=O)C(=O)N(C)C)n3)cc2N)CC1. The Balaban J connectivity index is 0.000000271. The Bertz CT molecular complexity index is 3390. The summed E-state index contributed by atoms with van der Waals surface area (Å²) < 4.78 is 0. The molecule has 0 aliphatic carbocycles. The van der Waals surface area contributed by atoms with E-state index >= 15 is 0 Å². The highest BCUT2D eigenvalue weighted by Crippen LogP contribution is 2.35. The number of hydrogen-bond donors (Lipinski definition) is 2. The summed E-state index contributed by atoms with van der Waals surface area (Å²) in [6.45, 7) is 21.0. The van der Waals surface area contributed by atoms with Crippen LogP contribution in [0.2, 0.25) is 10.0 Å². The largest absolute Gasteiger partial charge is 0.398 e. The number of likely N-dealkylation sites (N-methyl/N-ethyl adjacent to an activating group) is 2. The van der Waals surface area contributed by atoms with Gasteiger partial charge in [-0.3, -0.25) is 28.8 Å². The second-order valence-electron chi connectivity index (χ2n) is 22.1. The van der Waals surface area contributed by atoms with E-state index in [2.05, 4.69) is 102 Å². The maximum atomic E-state index is 12.8. The normalized spacial score (nSPS) is 13.5. The third-order valence-electron chi connectivity index (χ3n) is 15.4. The smallest absolute Gasteiger partial charge is 0.294 e. The predicted octanol–water partition coefficient (Wildman–Crippen LogP) is 10.8. The lowest BCUT2D eigenvalue weighted by Crippen LogP contribution is -2.30. The van der Waals surface area contributed by atoms with Crippen LogP contribution in [0.25, 0.3) is 0 Å². The molecular formula is C68H84Cl3N11O6. The zero-order chi connectivity index (χ0) is 64.6. The molecule has 2 saturated heterocycles. The van der Waals surface area contributed by atoms with E-state index in [1.165, 1.54) is 41.1 Å². The van der Waals surface area contributed by atoms with Crippen LogP contribution in [0, 0.1) is 0 Å². The van der Waals surface area contributed by atoms with E-state index in [1.54, 1.807) is 70.9 Å². The first-order valence-electron chi connectivity index (χ1n) is 29.5. The van der Waals surface area contributed by atoms with Crippen LogP contribution in [-0.4, -0.2) is 167 Å². The Kier molecular flexibility index (Phi) is 28.7. The van der Waals surface area contributed by atoms with Crippen LogP contribution in [0.4, 0.5) is 11.4 Å². The number of rotatable bonds is 20. The number of aromatic nitrogens is 4. The fourth-order valence-electron chi connectivity index (χ4n) is 10.2. The van der Waals surface area contributed by atoms with Crippen molar-refractivity contribution in [3.05, 3.63) is 200 Å². The van der Waals surface area contributed by atoms with Crippen molar-refractivity contribution in [3.8, 4) is 0 Å². The molecular weight excluding hydrogens is 1170 g/mol. The minimum atomic E-state index is -0.593. The number of carbonyl (C=O) groups excluding carboxylic acids is 6. The number of likely N-dealkylation sites (tertiary alicyclic amines) is 2. The summed E-state index contributed by atoms with van der Waals surface area (Å²) in [5.41, 5.74) is 15.6. The van der Waals surface area contributed by atoms with Crippen LogP contribution < -0.4 is 11.1 Å². The van der Waals surface area contributed by atoms with Crippen molar-refractivity contribution in [2.24, 2.45) is 0 Å². The first-order chi connectivity index (χ1) is 42.0. The quantitative estimate of drug-likeness (QED) is 0.0240. The van der Waals surface area contributed by atoms with E-state index in [0.29, 0.717) is 86.4 Å². The Morgan fingerprint density at radius 1 is 0.602 bits per heavy atom. The van der Waals surface area contributed by atoms with Crippen molar-refractivity contribution in [1.82, 2.24) is 44.4 Å². The topological polar surface area (TPSA) is 208 Å². The molecule has 4 aromatic carbocycles. The molecule has 2 aliphatic heterocycles. The standard InChI is InChI=1S/C31H34ClN5O3.C28H32ClN5O2.C6H15N.C3H3ClO/c1-5-29(38)35-26-16-20(10-11-23(26)21-12-14-37(4)15-13-21)17-28-33-19-25(32)27(34-28)18-22-8-6-7-9-24(22)30(39)31(40)36(2)3;1-33(2)28(36)27(35)22-7-5-4-6-20(22)16-25-23(29)17-31-26(32-25)15-18-8-9-21(24(30)14-18)19-10-12-34(3)13-11-19;1-4-7(5-2)6-3;1-2-3(4)5/h5-11,16,19,21H,1,12-15,17-18H2,2-4H3,(H,35,38);4-9,14,17,19H,10-13,15-16,30H2,1-3H3;4-6H2,1-3H3;2H,1H2. The van der Waals surface area contributed by atoms with Crippen molar-refractivity contribution in [1.29, 1.82) is 0 Å². The van der Waals surface area contributed by atoms with Gasteiger partial charge in [0.05, 0.1) is 21.4 Å². The number of nitrogen functional groups attached to an aromatic ring is 1. The van der Waals surface area contributed by atoms with Gasteiger partial charge in [0, 0.05) is 88.8 Å². The molecule has 8 rings (SSSR count). The molecule has 0 spiro atoms. The minimum absolute atomic E-state index is 0.252. The second-order valence-corrected chi connectivity index (χ2v) is 23.3. The van der Waals surface area contributed by atoms with Gasteiger partial charge >= 0.3 is 0 Å². The Morgan fingerprint density at radius 3 is 1.38 bits per heavy atom. The zero-order valence-corrected chi connectivity index (χ0v) is 54.5. The van der Waals surface area contributed by atoms with Gasteiger partial charge in [-0.1, -0.05) is 130 Å². The summed E-state index contributed by atoms with van der Waals surface area (Å²) in [5, 5.41) is 3.27. The molecule has 0 bridgehead atoms. The summed E-state index contributed by atoms with van der Waals surface area (Å²) in [6, 6.07) is 26.4. The first-order valence-corrected chi connectivity index (χ1v) is 30.7. The molecule has 0 unspecified atom stereocenters. The van der Waals surface area contributed by atoms with Crippen molar-refractivity contribution in [2.75, 3.05) is 99.1 Å². The molecule has 17 nitrogen and oxygen atoms in total. The number of nitrogens with two attached hydrogens (primary N) is 1. The van der Waals surface area contributed by atoms with Gasteiger partial charge in [0.25, 0.3) is 23.4 Å². The average Bonchev–Trinajstić information content (AvgIpc) is 1.77. The number of benzene rings is 4. The number of carbonyl (C=O) groups is 6. The van der Waals surface area contributed by atoms with Gasteiger partial charge in [-0.2, -0.15) is 0 Å². The monoisotopic (exact) mass is 1260 g/mol. The third-order valence-corrected chi connectivity index (χ3v) is 16.2. The molecule has 6 aromatic rings. The van der Waals surface area contributed by atoms with E-state index < -0.39 is 28.6 Å². The minimum Gasteiger partial charge on any atom is -0.398 e. The molecule has 468 valence electrons. The van der Waals surface area contributed by atoms with Gasteiger partial charge in [0.2, 0.25) is 11.1 Å². The number of ketones is 2. The van der Waals surface area contributed by atoms with Gasteiger partial charge in [-0.05, 0) is 167 Å². The Labute approximate surface area is 534 Å². The van der Waals surface area contributed by atoms with Crippen molar-refractivity contribution in [3.63, 3.8) is 0 Å². The Morgan fingerprint density at radius 2 is 1.00 bits per heavy atom. The summed E-state index contributed by atoms with van der Waals surface area (Å²) in [4.78, 5) is 99.6. The number of nitrogens with one attached hydrogen (secondary N) is 1. The summed E-state index contributed by atoms with van der Waals surface area (Å²) >= 11 is 17.6. The highest BCUT2D eigenvalue weighted by molar-refractivity contribution is 6.66. The number of allylic oxidation sites excluding steroid dienone is 1. The van der Waals surface area contributed by atoms with Crippen LogP contribution in [0.15, 0.2) is 123 Å². The maximum absolute atomic E-state index is 12.8. The van der Waals surface area contributed by atoms with Crippen LogP contribution in [0.5, 0.6) is 0 Å². The van der Waals surface area contributed by atoms with Crippen molar-refractivity contribution < 1.29 is 28.8 Å². The van der Waals surface area contributed by atoms with E-state index in [-0.39, 0.29) is 12.3 Å². The molecule has 0 radical (unpaired) electrons. The average molecular weight is 1260 g/mol. The lowest BCUT2D eigenvalue weighted by Gasteiger charge is -2.30. The highest BCUT2D eigenvalue weighted by atomic mass is 35.5. The molecule has 88 heavy (non-hydrogen) atoms. The number of nitrogens with zero attached hydrogens (tertiary/aromatic N) is 9. The predicted molar refractivity (Wildman–Crippen MR) is 354 cm³/mol. The number of amides is 3. The van der Waals surface area contributed by atoms with Gasteiger partial charge < -0.3 is 35.6 Å². The molecule has 2 aliphatic rings. The van der Waals surface area contributed by atoms with E-state index in [9.17, 15) is 28.8 Å². The molecule has 3 N–H and O–H groups in total. The van der Waals surface area contributed by atoms with Gasteiger partial charge in [-0.15, -0.1) is 0 Å². The fourth-order valence-corrected chi connectivity index (χ4v) is 10.6. The van der Waals surface area contributed by atoms with Gasteiger partial charge in [-0.25, -0.2) is 19.9 Å². The van der Waals surface area contributed by atoms with Gasteiger partial charge in [0.1, 0.15) is 11.6 Å². The van der Waals surface area contributed by atoms with Crippen molar-refractivity contribution in [2.45, 2.75) is 84.0 Å². The Hall–Kier alpha value is -7.51. The molecule has 0 atom stereocenters. The lowest BCUT2D eigenvalue weighted by molar-refractivity contribution is -0.124. The van der Waals surface area contributed by atoms with Crippen LogP contribution in [-0.2, 0) is 44.9 Å². The fraction of sp³-hybridized carbons (Fsp3) is 0.382. The molecule has 2 aromatic heterocycles. The summed E-state index contributed by atoms with van der Waals surface area (Å²) in [7, 11) is 10.5. The molecule has 0 saturated carbocycles. The summed E-state index contributed by atoms with van der Waals surface area (Å²) in [6.07, 6.45) is 11.3. The first kappa shape index (κ1) is 71.2. The number of Topliss-reactive ketones (excluding diaryl/α,β-unsaturated/α-hetero) is 2. The lowest BCUT2D eigenvalue weighted by atomic mass is 9.87. The number of halogens is 3. The third kappa shape index (κ3) is 21.4. The molecule has 2 fully saturated rings. The molecule has 20 heteroatoms. The zero-order valence-electron chi connectivity index (χ0n) is 52.3. The van der Waals surface area contributed by atoms with E-state index in [4.69, 9.17) is 50.5 Å². The van der Waals surface area contributed by atoms with Crippen LogP contribution >= 0.6 is 34.8 Å². The van der Waals surface area contributed by atoms with E-state index in [1.807, 2.05) is 30.3 Å². The van der Waals surface area contributed by atoms with Crippen LogP contribution in [0.1, 0.15) is 135 Å². The number of hydrogen-bond acceptors (Lipinski definition) is 14.